The molecule has 0 N–H and O–H groups in total. The first kappa shape index (κ1) is 24.8. The number of amides is 1. The predicted octanol–water partition coefficient (Wildman–Crippen LogP) is 5.19. The van der Waals surface area contributed by atoms with E-state index in [1.807, 2.05) is 78.9 Å². The van der Waals surface area contributed by atoms with Gasteiger partial charge in [0, 0.05) is 12.2 Å². The molecule has 0 bridgehead atoms. The van der Waals surface area contributed by atoms with Crippen molar-refractivity contribution < 1.29 is 23.8 Å². The molecule has 0 radical (unpaired) electrons. The minimum absolute atomic E-state index is 0.217. The summed E-state index contributed by atoms with van der Waals surface area (Å²) < 4.78 is 16.1. The van der Waals surface area contributed by atoms with E-state index in [2.05, 4.69) is 0 Å². The van der Waals surface area contributed by atoms with Crippen molar-refractivity contribution in [1.29, 1.82) is 0 Å². The minimum atomic E-state index is -0.526. The van der Waals surface area contributed by atoms with Gasteiger partial charge in [-0.1, -0.05) is 54.6 Å². The van der Waals surface area contributed by atoms with Crippen molar-refractivity contribution in [2.75, 3.05) is 20.8 Å². The number of esters is 1. The fraction of sp³-hybridized carbons (Fsp3) is 0.200. The molecule has 0 unspecified atom stereocenters. The van der Waals surface area contributed by atoms with Crippen LogP contribution in [0, 0.1) is 0 Å². The maximum Gasteiger partial charge on any atom is 0.340 e. The van der Waals surface area contributed by atoms with Gasteiger partial charge in [-0.25, -0.2) is 4.79 Å². The lowest BCUT2D eigenvalue weighted by Gasteiger charge is -2.18. The van der Waals surface area contributed by atoms with Gasteiger partial charge in [-0.15, -0.1) is 0 Å². The number of rotatable bonds is 9. The number of allylic oxidation sites excluding steroid dienone is 1. The summed E-state index contributed by atoms with van der Waals surface area (Å²) in [6.45, 7) is 2.69. The van der Waals surface area contributed by atoms with Crippen LogP contribution < -0.4 is 9.47 Å². The van der Waals surface area contributed by atoms with E-state index in [1.54, 1.807) is 25.0 Å². The Hall–Kier alpha value is -4.32. The van der Waals surface area contributed by atoms with Gasteiger partial charge < -0.3 is 19.1 Å². The molecule has 184 valence electrons. The van der Waals surface area contributed by atoms with Gasteiger partial charge >= 0.3 is 5.97 Å². The average Bonchev–Trinajstić information content (AvgIpc) is 3.15. The number of carbonyl (C=O) groups is 2. The van der Waals surface area contributed by atoms with Gasteiger partial charge in [-0.05, 0) is 60.4 Å². The summed E-state index contributed by atoms with van der Waals surface area (Å²) in [4.78, 5) is 27.6. The van der Waals surface area contributed by atoms with Gasteiger partial charge in [-0.2, -0.15) is 0 Å². The molecule has 0 saturated carbocycles. The first-order valence-electron chi connectivity index (χ1n) is 11.7. The average molecular weight is 484 g/mol. The summed E-state index contributed by atoms with van der Waals surface area (Å²) in [6, 6.07) is 25.1. The number of hydrogen-bond acceptors (Lipinski definition) is 5. The molecule has 1 heterocycles. The zero-order valence-electron chi connectivity index (χ0n) is 20.7. The second-order valence-electron chi connectivity index (χ2n) is 8.41. The number of benzene rings is 3. The molecule has 0 spiro atoms. The van der Waals surface area contributed by atoms with Crippen LogP contribution in [-0.2, 0) is 27.4 Å². The monoisotopic (exact) mass is 483 g/mol. The summed E-state index contributed by atoms with van der Waals surface area (Å²) in [5, 5.41) is 0. The highest BCUT2D eigenvalue weighted by Crippen LogP contribution is 2.32. The topological polar surface area (TPSA) is 65.1 Å². The molecule has 1 aliphatic heterocycles. The lowest BCUT2D eigenvalue weighted by molar-refractivity contribution is -0.136. The molecule has 1 amide bonds. The Balaban J connectivity index is 1.50. The van der Waals surface area contributed by atoms with E-state index in [1.165, 1.54) is 7.11 Å². The van der Waals surface area contributed by atoms with Crippen LogP contribution in [0.25, 0.3) is 6.08 Å². The maximum atomic E-state index is 13.4. The molecule has 4 rings (SSSR count). The van der Waals surface area contributed by atoms with Crippen LogP contribution >= 0.6 is 0 Å². The third kappa shape index (κ3) is 5.66. The quantitative estimate of drug-likeness (QED) is 0.310. The van der Waals surface area contributed by atoms with E-state index in [4.69, 9.17) is 14.2 Å². The first-order chi connectivity index (χ1) is 17.5. The molecule has 1 aliphatic rings. The second kappa shape index (κ2) is 11.4. The van der Waals surface area contributed by atoms with Gasteiger partial charge in [0.15, 0.2) is 0 Å². The molecule has 3 aromatic carbocycles. The Labute approximate surface area is 211 Å². The van der Waals surface area contributed by atoms with Gasteiger partial charge in [0.2, 0.25) is 0 Å². The normalized spacial score (nSPS) is 14.4. The van der Waals surface area contributed by atoms with Gasteiger partial charge in [0.1, 0.15) is 18.1 Å². The molecule has 36 heavy (non-hydrogen) atoms. The molecule has 6 nitrogen and oxygen atoms in total. The number of nitrogens with zero attached hydrogens (tertiary/aromatic N) is 1. The first-order valence-corrected chi connectivity index (χ1v) is 11.7. The van der Waals surface area contributed by atoms with Gasteiger partial charge in [-0.3, -0.25) is 4.79 Å². The van der Waals surface area contributed by atoms with Crippen molar-refractivity contribution in [1.82, 2.24) is 4.90 Å². The predicted molar refractivity (Wildman–Crippen MR) is 138 cm³/mol. The van der Waals surface area contributed by atoms with E-state index >= 15 is 0 Å². The second-order valence-corrected chi connectivity index (χ2v) is 8.41. The Morgan fingerprint density at radius 1 is 0.861 bits per heavy atom. The molecule has 0 aliphatic carbocycles. The molecule has 6 heteroatoms. The molecule has 0 atom stereocenters. The smallest absolute Gasteiger partial charge is 0.340 e. The van der Waals surface area contributed by atoms with Crippen molar-refractivity contribution in [3.05, 3.63) is 112 Å². The fourth-order valence-corrected chi connectivity index (χ4v) is 4.10. The highest BCUT2D eigenvalue weighted by atomic mass is 16.5. The zero-order valence-corrected chi connectivity index (χ0v) is 20.7. The highest BCUT2D eigenvalue weighted by Gasteiger charge is 2.36. The standard InChI is InChI=1S/C30H29NO5/c1-21-28(30(33)35-3)27(29(32)31(21)18-17-22-9-13-25(34-2)14-10-22)19-23-11-15-26(16-12-23)36-20-24-7-5-4-6-8-24/h4-16,19H,17-18,20H2,1-3H3/b27-19-. The van der Waals surface area contributed by atoms with Gasteiger partial charge in [0.05, 0.1) is 25.4 Å². The van der Waals surface area contributed by atoms with Crippen LogP contribution in [0.2, 0.25) is 0 Å². The van der Waals surface area contributed by atoms with E-state index in [-0.39, 0.29) is 5.91 Å². The summed E-state index contributed by atoms with van der Waals surface area (Å²) in [6.07, 6.45) is 2.37. The van der Waals surface area contributed by atoms with Crippen molar-refractivity contribution in [3.63, 3.8) is 0 Å². The van der Waals surface area contributed by atoms with E-state index in [0.29, 0.717) is 36.4 Å². The summed E-state index contributed by atoms with van der Waals surface area (Å²) >= 11 is 0. The molecule has 0 aromatic heterocycles. The number of carbonyl (C=O) groups excluding carboxylic acids is 2. The van der Waals surface area contributed by atoms with E-state index in [9.17, 15) is 9.59 Å². The minimum Gasteiger partial charge on any atom is -0.497 e. The summed E-state index contributed by atoms with van der Waals surface area (Å²) in [7, 11) is 2.95. The van der Waals surface area contributed by atoms with Crippen LogP contribution in [0.15, 0.2) is 95.7 Å². The number of hydrogen-bond donors (Lipinski definition) is 0. The molecule has 0 saturated heterocycles. The van der Waals surface area contributed by atoms with Crippen molar-refractivity contribution >= 4 is 18.0 Å². The van der Waals surface area contributed by atoms with Crippen LogP contribution in [0.3, 0.4) is 0 Å². The Kier molecular flexibility index (Phi) is 7.85. The Morgan fingerprint density at radius 3 is 2.17 bits per heavy atom. The Morgan fingerprint density at radius 2 is 1.53 bits per heavy atom. The van der Waals surface area contributed by atoms with E-state index < -0.39 is 5.97 Å². The third-order valence-corrected chi connectivity index (χ3v) is 6.12. The lowest BCUT2D eigenvalue weighted by Crippen LogP contribution is -2.27. The highest BCUT2D eigenvalue weighted by molar-refractivity contribution is 6.16. The van der Waals surface area contributed by atoms with Crippen molar-refractivity contribution in [2.45, 2.75) is 20.0 Å². The lowest BCUT2D eigenvalue weighted by atomic mass is 10.0. The van der Waals surface area contributed by atoms with Crippen LogP contribution in [0.1, 0.15) is 23.6 Å². The number of ether oxygens (including phenoxy) is 3. The van der Waals surface area contributed by atoms with Gasteiger partial charge in [0.25, 0.3) is 5.91 Å². The third-order valence-electron chi connectivity index (χ3n) is 6.12. The fourth-order valence-electron chi connectivity index (χ4n) is 4.10. The zero-order chi connectivity index (χ0) is 25.5. The van der Waals surface area contributed by atoms with Crippen LogP contribution in [-0.4, -0.2) is 37.5 Å². The maximum absolute atomic E-state index is 13.4. The van der Waals surface area contributed by atoms with Crippen molar-refractivity contribution in [3.8, 4) is 11.5 Å². The number of methoxy groups -OCH3 is 2. The molecule has 3 aromatic rings. The SMILES string of the molecule is COC(=O)C1=C(C)N(CCc2ccc(OC)cc2)C(=O)/C1=C\c1ccc(OCc2ccccc2)cc1. The molecular weight excluding hydrogens is 454 g/mol. The van der Waals surface area contributed by atoms with Crippen LogP contribution in [0.5, 0.6) is 11.5 Å². The Bertz CT molecular complexity index is 1280. The van der Waals surface area contributed by atoms with Crippen LogP contribution in [0.4, 0.5) is 0 Å². The largest absolute Gasteiger partial charge is 0.497 e. The molecule has 0 fully saturated rings. The summed E-state index contributed by atoms with van der Waals surface area (Å²) in [5.41, 5.74) is 4.15. The molecular formula is C30H29NO5. The van der Waals surface area contributed by atoms with E-state index in [0.717, 1.165) is 28.2 Å². The summed E-state index contributed by atoms with van der Waals surface area (Å²) in [5.74, 6) is 0.759. The van der Waals surface area contributed by atoms with Crippen molar-refractivity contribution in [2.24, 2.45) is 0 Å².